The molecule has 0 amide bonds. The van der Waals surface area contributed by atoms with E-state index >= 15 is 4.39 Å². The smallest absolute Gasteiger partial charge is 0.137 e. The average molecular weight is 725 g/mol. The summed E-state index contributed by atoms with van der Waals surface area (Å²) in [6.07, 6.45) is 3.42. The fourth-order valence-corrected chi connectivity index (χ4v) is 8.92. The summed E-state index contributed by atoms with van der Waals surface area (Å²) in [6.45, 7) is 21.5. The molecule has 0 radical (unpaired) electrons. The first-order valence-electron chi connectivity index (χ1n) is 19.5. The number of rotatable bonds is 4. The van der Waals surface area contributed by atoms with Gasteiger partial charge in [-0.2, -0.15) is 0 Å². The molecule has 8 nitrogen and oxygen atoms in total. The molecule has 1 aromatic heterocycles. The first kappa shape index (κ1) is 35.9. The van der Waals surface area contributed by atoms with Crippen molar-refractivity contribution in [2.45, 2.75) is 64.7 Å². The van der Waals surface area contributed by atoms with Crippen LogP contribution in [0.2, 0.25) is 0 Å². The Morgan fingerprint density at radius 3 is 1.98 bits per heavy atom. The summed E-state index contributed by atoms with van der Waals surface area (Å²) in [5, 5.41) is 3.91. The molecule has 10 heteroatoms. The average Bonchev–Trinajstić information content (AvgIpc) is 3.62. The summed E-state index contributed by atoms with van der Waals surface area (Å²) in [4.78, 5) is 14.1. The standard InChI is InChI=1S/C29H34F2N4O.C14H20N2O/c1-19-27(26-23(31)15-20(30)16-24(26)32-28(19)34-9-5-4-6-10-34)35-18-29(2,3)22-8-7-21(17-25(22)35)33-11-13-36-14-12-33;1-14(2)10-15-13-9-11(3-4-12(13)14)16-5-7-17-8-6-16/h7-8,15-17H,4-6,9-14,18H2,1-3H3;3-4,9,15H,5-8,10H2,1-2H3. The van der Waals surface area contributed by atoms with Gasteiger partial charge in [-0.3, -0.25) is 0 Å². The third-order valence-corrected chi connectivity index (χ3v) is 11.9. The number of fused-ring (bicyclic) bond motifs is 3. The van der Waals surface area contributed by atoms with Crippen molar-refractivity contribution in [2.24, 2.45) is 0 Å². The normalized spacial score (nSPS) is 20.5. The van der Waals surface area contributed by atoms with Crippen LogP contribution in [0.4, 0.5) is 43.0 Å². The Balaban J connectivity index is 0.000000196. The lowest BCUT2D eigenvalue weighted by Gasteiger charge is -2.33. The summed E-state index contributed by atoms with van der Waals surface area (Å²) in [5.74, 6) is -0.308. The van der Waals surface area contributed by atoms with E-state index in [9.17, 15) is 4.39 Å². The minimum absolute atomic E-state index is 0.122. The monoisotopic (exact) mass is 724 g/mol. The predicted octanol–water partition coefficient (Wildman–Crippen LogP) is 8.30. The van der Waals surface area contributed by atoms with Crippen LogP contribution >= 0.6 is 0 Å². The van der Waals surface area contributed by atoms with Crippen LogP contribution in [0.1, 0.15) is 63.6 Å². The van der Waals surface area contributed by atoms with Crippen molar-refractivity contribution < 1.29 is 18.3 Å². The topological polar surface area (TPSA) is 56.3 Å². The zero-order valence-electron chi connectivity index (χ0n) is 32.0. The molecule has 0 bridgehead atoms. The number of hydrogen-bond donors (Lipinski definition) is 1. The number of nitrogens with zero attached hydrogens (tertiary/aromatic N) is 5. The lowest BCUT2D eigenvalue weighted by Crippen LogP contribution is -2.36. The molecule has 4 aromatic rings. The predicted molar refractivity (Wildman–Crippen MR) is 213 cm³/mol. The Kier molecular flexibility index (Phi) is 9.64. The number of aromatic nitrogens is 1. The lowest BCUT2D eigenvalue weighted by atomic mass is 9.87. The molecule has 0 spiro atoms. The molecule has 3 aromatic carbocycles. The van der Waals surface area contributed by atoms with Gasteiger partial charge in [0.1, 0.15) is 17.5 Å². The number of piperidine rings is 1. The molecule has 0 unspecified atom stereocenters. The van der Waals surface area contributed by atoms with Crippen LogP contribution in [0.25, 0.3) is 10.9 Å². The molecule has 1 N–H and O–H groups in total. The van der Waals surface area contributed by atoms with E-state index in [0.29, 0.717) is 17.4 Å². The molecular weight excluding hydrogens is 671 g/mol. The summed E-state index contributed by atoms with van der Waals surface area (Å²) in [6, 6.07) is 15.8. The number of halogens is 2. The first-order valence-corrected chi connectivity index (χ1v) is 19.5. The molecule has 9 rings (SSSR count). The van der Waals surface area contributed by atoms with Crippen LogP contribution in [0.5, 0.6) is 0 Å². The fraction of sp³-hybridized carbons (Fsp3) is 0.512. The number of hydrogen-bond acceptors (Lipinski definition) is 8. The van der Waals surface area contributed by atoms with E-state index in [-0.39, 0.29) is 10.8 Å². The van der Waals surface area contributed by atoms with E-state index in [1.165, 1.54) is 35.0 Å². The van der Waals surface area contributed by atoms with Gasteiger partial charge in [-0.15, -0.1) is 0 Å². The Morgan fingerprint density at radius 1 is 0.698 bits per heavy atom. The molecule has 53 heavy (non-hydrogen) atoms. The highest BCUT2D eigenvalue weighted by Gasteiger charge is 2.39. The van der Waals surface area contributed by atoms with Crippen molar-refractivity contribution in [1.29, 1.82) is 0 Å². The molecule has 0 atom stereocenters. The largest absolute Gasteiger partial charge is 0.384 e. The van der Waals surface area contributed by atoms with Crippen LogP contribution in [0.15, 0.2) is 48.5 Å². The number of nitrogens with one attached hydrogen (secondary N) is 1. The molecule has 0 saturated carbocycles. The van der Waals surface area contributed by atoms with Gasteiger partial charge < -0.3 is 34.4 Å². The van der Waals surface area contributed by atoms with Gasteiger partial charge in [-0.25, -0.2) is 13.8 Å². The van der Waals surface area contributed by atoms with E-state index in [4.69, 9.17) is 14.5 Å². The highest BCUT2D eigenvalue weighted by Crippen LogP contribution is 2.50. The minimum Gasteiger partial charge on any atom is -0.384 e. The second kappa shape index (κ2) is 14.3. The maximum Gasteiger partial charge on any atom is 0.137 e. The van der Waals surface area contributed by atoms with Crippen molar-refractivity contribution in [2.75, 3.05) is 104 Å². The zero-order valence-corrected chi connectivity index (χ0v) is 32.0. The van der Waals surface area contributed by atoms with Crippen LogP contribution in [-0.2, 0) is 20.3 Å². The molecule has 5 aliphatic heterocycles. The highest BCUT2D eigenvalue weighted by molar-refractivity contribution is 5.99. The van der Waals surface area contributed by atoms with Gasteiger partial charge in [0.15, 0.2) is 0 Å². The maximum atomic E-state index is 15.5. The zero-order chi connectivity index (χ0) is 36.9. The summed E-state index contributed by atoms with van der Waals surface area (Å²) in [5.41, 5.74) is 9.83. The van der Waals surface area contributed by atoms with Gasteiger partial charge in [-0.1, -0.05) is 39.8 Å². The molecule has 282 valence electrons. The van der Waals surface area contributed by atoms with Crippen molar-refractivity contribution in [3.8, 4) is 0 Å². The first-order chi connectivity index (χ1) is 25.5. The van der Waals surface area contributed by atoms with Crippen LogP contribution in [0, 0.1) is 18.6 Å². The SMILES string of the molecule is CC1(C)CNc2cc(N3CCOCC3)ccc21.Cc1c(N2CCCCC2)nc2cc(F)cc(F)c2c1N1CC(C)(C)c2ccc(N3CCOCC3)cc21. The number of ether oxygens (including phenoxy) is 2. The minimum atomic E-state index is -0.594. The molecule has 5 aliphatic rings. The van der Waals surface area contributed by atoms with Crippen molar-refractivity contribution in [1.82, 2.24) is 4.98 Å². The number of anilines is 6. The second-order valence-corrected chi connectivity index (χ2v) is 16.6. The van der Waals surface area contributed by atoms with E-state index in [0.717, 1.165) is 120 Å². The van der Waals surface area contributed by atoms with Crippen molar-refractivity contribution in [3.05, 3.63) is 76.9 Å². The molecule has 6 heterocycles. The van der Waals surface area contributed by atoms with Crippen molar-refractivity contribution in [3.63, 3.8) is 0 Å². The van der Waals surface area contributed by atoms with Gasteiger partial charge in [0.05, 0.1) is 43.0 Å². The van der Waals surface area contributed by atoms with E-state index < -0.39 is 11.6 Å². The fourth-order valence-electron chi connectivity index (χ4n) is 8.92. The van der Waals surface area contributed by atoms with Crippen molar-refractivity contribution >= 4 is 45.2 Å². The van der Waals surface area contributed by atoms with Gasteiger partial charge in [0.2, 0.25) is 0 Å². The molecule has 3 saturated heterocycles. The van der Waals surface area contributed by atoms with Gasteiger partial charge in [-0.05, 0) is 61.6 Å². The summed E-state index contributed by atoms with van der Waals surface area (Å²) < 4.78 is 40.8. The quantitative estimate of drug-likeness (QED) is 0.226. The van der Waals surface area contributed by atoms with Gasteiger partial charge in [0, 0.05) is 104 Å². The summed E-state index contributed by atoms with van der Waals surface area (Å²) >= 11 is 0. The third-order valence-electron chi connectivity index (χ3n) is 11.9. The Labute approximate surface area is 313 Å². The molecule has 0 aliphatic carbocycles. The number of benzene rings is 3. The third kappa shape index (κ3) is 6.89. The lowest BCUT2D eigenvalue weighted by molar-refractivity contribution is 0.122. The Morgan fingerprint density at radius 2 is 1.32 bits per heavy atom. The van der Waals surface area contributed by atoms with Gasteiger partial charge in [0.25, 0.3) is 0 Å². The maximum absolute atomic E-state index is 15.5. The van der Waals surface area contributed by atoms with Gasteiger partial charge >= 0.3 is 0 Å². The van der Waals surface area contributed by atoms with Crippen LogP contribution in [-0.4, -0.2) is 83.8 Å². The molecule has 3 fully saturated rings. The summed E-state index contributed by atoms with van der Waals surface area (Å²) in [7, 11) is 0. The Bertz CT molecular complexity index is 1980. The highest BCUT2D eigenvalue weighted by atomic mass is 19.1. The second-order valence-electron chi connectivity index (χ2n) is 16.6. The van der Waals surface area contributed by atoms with Crippen LogP contribution in [0.3, 0.4) is 0 Å². The van der Waals surface area contributed by atoms with E-state index in [2.05, 4.69) is 89.0 Å². The number of pyridine rings is 1. The van der Waals surface area contributed by atoms with E-state index in [1.807, 2.05) is 6.92 Å². The number of morpholine rings is 2. The Hall–Kier alpha value is -4.15. The molecular formula is C43H54F2N6O2. The van der Waals surface area contributed by atoms with E-state index in [1.54, 1.807) is 0 Å². The van der Waals surface area contributed by atoms with Crippen LogP contribution < -0.4 is 24.9 Å².